The first-order valence-corrected chi connectivity index (χ1v) is 7.93. The molecule has 0 bridgehead atoms. The van der Waals surface area contributed by atoms with Gasteiger partial charge in [0.05, 0.1) is 13.3 Å². The predicted molar refractivity (Wildman–Crippen MR) is 91.2 cm³/mol. The Morgan fingerprint density at radius 1 is 0.773 bits per heavy atom. The zero-order valence-electron chi connectivity index (χ0n) is 13.8. The van der Waals surface area contributed by atoms with Crippen LogP contribution in [0.3, 0.4) is 0 Å². The molecule has 5 nitrogen and oxygen atoms in total. The second kappa shape index (κ2) is 5.91. The zero-order valence-corrected chi connectivity index (χ0v) is 13.8. The first kappa shape index (κ1) is 14.8. The summed E-state index contributed by atoms with van der Waals surface area (Å²) in [5.74, 6) is 1.99. The highest BCUT2D eigenvalue weighted by atomic mass is 15.4. The molecule has 0 saturated heterocycles. The molecule has 0 saturated carbocycles. The van der Waals surface area contributed by atoms with Crippen LogP contribution in [0.15, 0.2) is 43.0 Å². The first-order valence-electron chi connectivity index (χ1n) is 7.93. The van der Waals surface area contributed by atoms with E-state index < -0.39 is 0 Å². The van der Waals surface area contributed by atoms with Crippen molar-refractivity contribution < 1.29 is 0 Å². The Morgan fingerprint density at radius 2 is 1.23 bits per heavy atom. The van der Waals surface area contributed by atoms with Gasteiger partial charge in [-0.3, -0.25) is 0 Å². The highest BCUT2D eigenvalue weighted by molar-refractivity contribution is 5.53. The summed E-state index contributed by atoms with van der Waals surface area (Å²) < 4.78 is 0. The summed E-state index contributed by atoms with van der Waals surface area (Å²) in [7, 11) is 0. The largest absolute Gasteiger partial charge is 0.356 e. The third kappa shape index (κ3) is 2.89. The zero-order chi connectivity index (χ0) is 15.7. The molecule has 0 radical (unpaired) electrons. The smallest absolute Gasteiger partial charge is 0.136 e. The van der Waals surface area contributed by atoms with E-state index in [4.69, 9.17) is 4.98 Å². The lowest BCUT2D eigenvalue weighted by atomic mass is 10.3. The lowest BCUT2D eigenvalue weighted by Crippen LogP contribution is -2.31. The third-order valence-electron chi connectivity index (χ3n) is 4.14. The summed E-state index contributed by atoms with van der Waals surface area (Å²) in [6.45, 7) is 10.5. The normalized spacial score (nSPS) is 17.7. The Kier molecular flexibility index (Phi) is 3.96. The summed E-state index contributed by atoms with van der Waals surface area (Å²) >= 11 is 0. The Balaban J connectivity index is 1.72. The molecule has 2 aliphatic rings. The van der Waals surface area contributed by atoms with Gasteiger partial charge in [-0.1, -0.05) is 6.07 Å². The predicted octanol–water partition coefficient (Wildman–Crippen LogP) is 3.00. The second-order valence-electron chi connectivity index (χ2n) is 6.39. The van der Waals surface area contributed by atoms with Gasteiger partial charge in [0.2, 0.25) is 0 Å². The van der Waals surface area contributed by atoms with Crippen molar-refractivity contribution in [2.45, 2.75) is 39.8 Å². The minimum absolute atomic E-state index is 0.505. The molecule has 0 aliphatic carbocycles. The summed E-state index contributed by atoms with van der Waals surface area (Å²) in [6.07, 6.45) is 8.48. The maximum Gasteiger partial charge on any atom is 0.136 e. The minimum atomic E-state index is 0.505. The monoisotopic (exact) mass is 299 g/mol. The van der Waals surface area contributed by atoms with Crippen molar-refractivity contribution in [3.63, 3.8) is 0 Å². The van der Waals surface area contributed by atoms with Crippen LogP contribution in [-0.4, -0.2) is 40.2 Å². The second-order valence-corrected chi connectivity index (χ2v) is 6.39. The fraction of sp³-hybridized carbons (Fsp3) is 0.471. The fourth-order valence-electron chi connectivity index (χ4n) is 2.57. The van der Waals surface area contributed by atoms with Crippen LogP contribution in [-0.2, 0) is 0 Å². The molecule has 2 aliphatic heterocycles. The average molecular weight is 299 g/mol. The van der Waals surface area contributed by atoms with E-state index in [1.165, 1.54) is 0 Å². The van der Waals surface area contributed by atoms with E-state index in [0.717, 1.165) is 25.0 Å². The van der Waals surface area contributed by atoms with Crippen LogP contribution in [0, 0.1) is 0 Å². The Hall–Kier alpha value is -2.17. The van der Waals surface area contributed by atoms with Gasteiger partial charge in [0.25, 0.3) is 0 Å². The van der Waals surface area contributed by atoms with E-state index in [1.807, 2.05) is 0 Å². The average Bonchev–Trinajstić information content (AvgIpc) is 3.17. The van der Waals surface area contributed by atoms with E-state index >= 15 is 0 Å². The molecular formula is C17H25N5. The standard InChI is InChI=1S/C17H25N5/c1-14(2)19-8-10-21(12-19)16-6-5-7-17(18-16)22-11-9-20(13-22)15(3)4/h5-11,14-15H,12-13H2,1-4H3. The minimum Gasteiger partial charge on any atom is -0.356 e. The molecule has 0 atom stereocenters. The number of pyridine rings is 1. The van der Waals surface area contributed by atoms with E-state index in [9.17, 15) is 0 Å². The molecular weight excluding hydrogens is 274 g/mol. The van der Waals surface area contributed by atoms with Crippen LogP contribution in [0.5, 0.6) is 0 Å². The van der Waals surface area contributed by atoms with Crippen LogP contribution in [0.1, 0.15) is 27.7 Å². The summed E-state index contributed by atoms with van der Waals surface area (Å²) in [5.41, 5.74) is 0. The van der Waals surface area contributed by atoms with Crippen LogP contribution >= 0.6 is 0 Å². The van der Waals surface area contributed by atoms with Crippen molar-refractivity contribution in [1.82, 2.24) is 14.8 Å². The van der Waals surface area contributed by atoms with E-state index in [0.29, 0.717) is 12.1 Å². The van der Waals surface area contributed by atoms with Gasteiger partial charge in [-0.15, -0.1) is 0 Å². The Morgan fingerprint density at radius 3 is 1.59 bits per heavy atom. The maximum absolute atomic E-state index is 4.82. The Bertz CT molecular complexity index is 531. The summed E-state index contributed by atoms with van der Waals surface area (Å²) in [6, 6.07) is 7.22. The van der Waals surface area contributed by atoms with Gasteiger partial charge in [-0.25, -0.2) is 4.98 Å². The lowest BCUT2D eigenvalue weighted by Gasteiger charge is -2.26. The number of rotatable bonds is 4. The molecule has 0 N–H and O–H groups in total. The first-order chi connectivity index (χ1) is 10.5. The highest BCUT2D eigenvalue weighted by Crippen LogP contribution is 2.24. The van der Waals surface area contributed by atoms with Gasteiger partial charge in [-0.05, 0) is 39.8 Å². The summed E-state index contributed by atoms with van der Waals surface area (Å²) in [4.78, 5) is 13.8. The molecule has 22 heavy (non-hydrogen) atoms. The molecule has 1 aromatic heterocycles. The van der Waals surface area contributed by atoms with Crippen LogP contribution in [0.4, 0.5) is 11.6 Å². The SMILES string of the molecule is CC(C)N1C=CN(c2cccc(N3C=CN(C(C)C)C3)n2)C1. The number of nitrogens with zero attached hydrogens (tertiary/aromatic N) is 5. The number of hydrogen-bond donors (Lipinski definition) is 0. The molecule has 5 heteroatoms. The van der Waals surface area contributed by atoms with Crippen LogP contribution in [0.25, 0.3) is 0 Å². The fourth-order valence-corrected chi connectivity index (χ4v) is 2.57. The maximum atomic E-state index is 4.82. The number of aromatic nitrogens is 1. The molecule has 3 rings (SSSR count). The molecule has 3 heterocycles. The van der Waals surface area contributed by atoms with Gasteiger partial charge in [0.15, 0.2) is 0 Å². The third-order valence-corrected chi connectivity index (χ3v) is 4.14. The quantitative estimate of drug-likeness (QED) is 0.851. The van der Waals surface area contributed by atoms with E-state index in [-0.39, 0.29) is 0 Å². The van der Waals surface area contributed by atoms with Crippen LogP contribution in [0.2, 0.25) is 0 Å². The number of anilines is 2. The highest BCUT2D eigenvalue weighted by Gasteiger charge is 2.20. The molecule has 0 amide bonds. The van der Waals surface area contributed by atoms with Gasteiger partial charge in [-0.2, -0.15) is 0 Å². The van der Waals surface area contributed by atoms with Crippen molar-refractivity contribution in [3.05, 3.63) is 43.0 Å². The molecule has 0 spiro atoms. The van der Waals surface area contributed by atoms with E-state index in [1.54, 1.807) is 0 Å². The number of hydrogen-bond acceptors (Lipinski definition) is 5. The van der Waals surface area contributed by atoms with Crippen molar-refractivity contribution in [3.8, 4) is 0 Å². The molecule has 0 unspecified atom stereocenters. The van der Waals surface area contributed by atoms with Crippen molar-refractivity contribution in [2.75, 3.05) is 23.1 Å². The topological polar surface area (TPSA) is 25.9 Å². The Labute approximate surface area is 133 Å². The summed E-state index contributed by atoms with van der Waals surface area (Å²) in [5, 5.41) is 0. The van der Waals surface area contributed by atoms with Gasteiger partial charge in [0.1, 0.15) is 11.6 Å². The van der Waals surface area contributed by atoms with Gasteiger partial charge < -0.3 is 19.6 Å². The van der Waals surface area contributed by atoms with Crippen LogP contribution < -0.4 is 9.80 Å². The molecule has 0 fully saturated rings. The van der Waals surface area contributed by atoms with Gasteiger partial charge >= 0.3 is 0 Å². The molecule has 0 aromatic carbocycles. The van der Waals surface area contributed by atoms with Crippen molar-refractivity contribution in [1.29, 1.82) is 0 Å². The molecule has 118 valence electrons. The van der Waals surface area contributed by atoms with E-state index in [2.05, 4.69) is 90.3 Å². The van der Waals surface area contributed by atoms with Gasteiger partial charge in [0, 0.05) is 36.9 Å². The van der Waals surface area contributed by atoms with Crippen molar-refractivity contribution in [2.24, 2.45) is 0 Å². The lowest BCUT2D eigenvalue weighted by molar-refractivity contribution is 0.335. The van der Waals surface area contributed by atoms with Crippen molar-refractivity contribution >= 4 is 11.6 Å². The molecule has 1 aromatic rings.